The van der Waals surface area contributed by atoms with Crippen LogP contribution in [0.25, 0.3) is 0 Å². The summed E-state index contributed by atoms with van der Waals surface area (Å²) in [5.41, 5.74) is 0. The van der Waals surface area contributed by atoms with Crippen molar-refractivity contribution < 1.29 is 9.21 Å². The van der Waals surface area contributed by atoms with Crippen LogP contribution in [-0.2, 0) is 4.79 Å². The van der Waals surface area contributed by atoms with Gasteiger partial charge in [-0.15, -0.1) is 10.2 Å². The molecule has 192 valence electrons. The Morgan fingerprint density at radius 3 is 2.12 bits per heavy atom. The summed E-state index contributed by atoms with van der Waals surface area (Å²) in [4.78, 5) is 15.9. The van der Waals surface area contributed by atoms with Crippen LogP contribution in [0.1, 0.15) is 159 Å². The number of nitrogens with zero attached hydrogens (tertiary/aromatic N) is 3. The largest absolute Gasteiger partial charge is 0.423 e. The third-order valence-corrected chi connectivity index (χ3v) is 8.81. The van der Waals surface area contributed by atoms with Crippen LogP contribution < -0.4 is 0 Å². The van der Waals surface area contributed by atoms with Gasteiger partial charge in [0.2, 0.25) is 17.7 Å². The van der Waals surface area contributed by atoms with E-state index in [2.05, 4.69) is 22.0 Å². The zero-order valence-electron chi connectivity index (χ0n) is 21.8. The van der Waals surface area contributed by atoms with Crippen molar-refractivity contribution in [2.75, 3.05) is 6.54 Å². The molecule has 34 heavy (non-hydrogen) atoms. The van der Waals surface area contributed by atoms with E-state index in [9.17, 15) is 4.79 Å². The van der Waals surface area contributed by atoms with Gasteiger partial charge in [0, 0.05) is 18.4 Å². The lowest BCUT2D eigenvalue weighted by Gasteiger charge is -2.29. The van der Waals surface area contributed by atoms with Crippen molar-refractivity contribution >= 4 is 5.91 Å². The number of aromatic nitrogens is 2. The molecule has 4 rings (SSSR count). The van der Waals surface area contributed by atoms with Crippen molar-refractivity contribution in [2.24, 2.45) is 11.8 Å². The average molecular weight is 472 g/mol. The Kier molecular flexibility index (Phi) is 10.3. The molecule has 1 saturated heterocycles. The van der Waals surface area contributed by atoms with Gasteiger partial charge < -0.3 is 9.32 Å². The van der Waals surface area contributed by atoms with E-state index < -0.39 is 0 Å². The minimum absolute atomic E-state index is 0.00876. The van der Waals surface area contributed by atoms with E-state index in [4.69, 9.17) is 4.42 Å². The van der Waals surface area contributed by atoms with Gasteiger partial charge in [0.05, 0.1) is 0 Å². The fourth-order valence-electron chi connectivity index (χ4n) is 6.83. The van der Waals surface area contributed by atoms with Crippen LogP contribution in [0, 0.1) is 11.8 Å². The maximum atomic E-state index is 13.8. The molecule has 2 aliphatic carbocycles. The Morgan fingerprint density at radius 1 is 0.794 bits per heavy atom. The van der Waals surface area contributed by atoms with Gasteiger partial charge in [0.25, 0.3) is 0 Å². The van der Waals surface area contributed by atoms with Crippen LogP contribution in [0.15, 0.2) is 4.42 Å². The van der Waals surface area contributed by atoms with Gasteiger partial charge in [-0.1, -0.05) is 96.8 Å². The molecule has 3 fully saturated rings. The number of carbonyl (C=O) groups excluding carboxylic acids is 1. The molecule has 0 spiro atoms. The van der Waals surface area contributed by atoms with Crippen molar-refractivity contribution in [3.63, 3.8) is 0 Å². The maximum Gasteiger partial charge on any atom is 0.238 e. The molecular weight excluding hydrogens is 422 g/mol. The number of amides is 1. The molecule has 2 saturated carbocycles. The fourth-order valence-corrected chi connectivity index (χ4v) is 6.83. The first-order chi connectivity index (χ1) is 16.8. The summed E-state index contributed by atoms with van der Waals surface area (Å²) in [6.45, 7) is 3.13. The van der Waals surface area contributed by atoms with Gasteiger partial charge in [-0.2, -0.15) is 0 Å². The first-order valence-electron chi connectivity index (χ1n) is 14.9. The Labute approximate surface area is 207 Å². The van der Waals surface area contributed by atoms with Crippen molar-refractivity contribution in [1.82, 2.24) is 15.1 Å². The third kappa shape index (κ3) is 7.07. The van der Waals surface area contributed by atoms with Gasteiger partial charge in [0.1, 0.15) is 6.04 Å². The van der Waals surface area contributed by atoms with E-state index in [1.54, 1.807) is 0 Å². The molecular formula is C29H49N3O2. The molecule has 5 heteroatoms. The van der Waals surface area contributed by atoms with Gasteiger partial charge in [-0.3, -0.25) is 4.79 Å². The molecule has 0 radical (unpaired) electrons. The Morgan fingerprint density at radius 2 is 1.41 bits per heavy atom. The van der Waals surface area contributed by atoms with Crippen LogP contribution >= 0.6 is 0 Å². The monoisotopic (exact) mass is 471 g/mol. The SMILES string of the molecule is CCCC1CCCCCCC(C(=O)N2CCC[C@H]2c2nnc(C3CCCCCCCCC3)o2)C1. The van der Waals surface area contributed by atoms with Crippen LogP contribution in [-0.4, -0.2) is 27.5 Å². The molecule has 2 heterocycles. The Bertz CT molecular complexity index is 723. The molecule has 0 aromatic carbocycles. The van der Waals surface area contributed by atoms with E-state index in [0.717, 1.165) is 51.0 Å². The minimum Gasteiger partial charge on any atom is -0.423 e. The van der Waals surface area contributed by atoms with Gasteiger partial charge in [0.15, 0.2) is 0 Å². The lowest BCUT2D eigenvalue weighted by Crippen LogP contribution is -2.36. The first kappa shape index (κ1) is 25.7. The highest BCUT2D eigenvalue weighted by atomic mass is 16.4. The summed E-state index contributed by atoms with van der Waals surface area (Å²) in [5, 5.41) is 9.07. The molecule has 1 aromatic rings. The summed E-state index contributed by atoms with van der Waals surface area (Å²) >= 11 is 0. The van der Waals surface area contributed by atoms with Crippen LogP contribution in [0.3, 0.4) is 0 Å². The van der Waals surface area contributed by atoms with E-state index in [-0.39, 0.29) is 12.0 Å². The second kappa shape index (κ2) is 13.6. The number of rotatable bonds is 5. The van der Waals surface area contributed by atoms with Crippen molar-refractivity contribution in [3.05, 3.63) is 11.8 Å². The second-order valence-electron chi connectivity index (χ2n) is 11.5. The average Bonchev–Trinajstić information content (AvgIpc) is 3.54. The normalized spacial score (nSPS) is 28.7. The number of hydrogen-bond acceptors (Lipinski definition) is 4. The maximum absolute atomic E-state index is 13.8. The van der Waals surface area contributed by atoms with Crippen molar-refractivity contribution in [3.8, 4) is 0 Å². The molecule has 1 amide bonds. The predicted octanol–water partition coefficient (Wildman–Crippen LogP) is 8.12. The topological polar surface area (TPSA) is 59.2 Å². The van der Waals surface area contributed by atoms with E-state index in [0.29, 0.717) is 23.6 Å². The van der Waals surface area contributed by atoms with Crippen molar-refractivity contribution in [1.29, 1.82) is 0 Å². The smallest absolute Gasteiger partial charge is 0.238 e. The number of hydrogen-bond donors (Lipinski definition) is 0. The van der Waals surface area contributed by atoms with E-state index >= 15 is 0 Å². The molecule has 1 aromatic heterocycles. The molecule has 1 aliphatic heterocycles. The van der Waals surface area contributed by atoms with Gasteiger partial charge in [-0.25, -0.2) is 0 Å². The molecule has 3 aliphatic rings. The predicted molar refractivity (Wildman–Crippen MR) is 136 cm³/mol. The third-order valence-electron chi connectivity index (χ3n) is 8.81. The van der Waals surface area contributed by atoms with Gasteiger partial charge >= 0.3 is 0 Å². The first-order valence-corrected chi connectivity index (χ1v) is 14.9. The van der Waals surface area contributed by atoms with Crippen LogP contribution in [0.4, 0.5) is 0 Å². The fraction of sp³-hybridized carbons (Fsp3) is 0.897. The van der Waals surface area contributed by atoms with E-state index in [1.807, 2.05) is 0 Å². The van der Waals surface area contributed by atoms with Crippen LogP contribution in [0.2, 0.25) is 0 Å². The zero-order valence-corrected chi connectivity index (χ0v) is 21.8. The molecule has 2 unspecified atom stereocenters. The summed E-state index contributed by atoms with van der Waals surface area (Å²) in [6, 6.07) is -0.00876. The summed E-state index contributed by atoms with van der Waals surface area (Å²) in [6.07, 6.45) is 24.7. The molecule has 0 N–H and O–H groups in total. The molecule has 3 atom stereocenters. The Balaban J connectivity index is 1.42. The standard InChI is InChI=1S/C29H49N3O2/c1-2-15-23-16-10-8-9-13-19-25(22-23)29(33)32-21-14-20-26(32)28-31-30-27(34-28)24-17-11-6-4-3-5-7-12-18-24/h23-26H,2-22H2,1H3/t23?,25?,26-/m0/s1. The molecule has 5 nitrogen and oxygen atoms in total. The molecule has 0 bridgehead atoms. The lowest BCUT2D eigenvalue weighted by molar-refractivity contribution is -0.137. The number of likely N-dealkylation sites (tertiary alicyclic amines) is 1. The summed E-state index contributed by atoms with van der Waals surface area (Å²) in [7, 11) is 0. The Hall–Kier alpha value is -1.39. The minimum atomic E-state index is -0.00876. The summed E-state index contributed by atoms with van der Waals surface area (Å²) in [5.74, 6) is 3.18. The van der Waals surface area contributed by atoms with E-state index in [1.165, 1.54) is 89.9 Å². The highest BCUT2D eigenvalue weighted by molar-refractivity contribution is 5.79. The summed E-state index contributed by atoms with van der Waals surface area (Å²) < 4.78 is 6.35. The second-order valence-corrected chi connectivity index (χ2v) is 11.5. The van der Waals surface area contributed by atoms with Crippen molar-refractivity contribution in [2.45, 2.75) is 147 Å². The zero-order chi connectivity index (χ0) is 23.6. The quantitative estimate of drug-likeness (QED) is 0.435. The lowest BCUT2D eigenvalue weighted by atomic mass is 9.86. The number of carbonyl (C=O) groups is 1. The highest BCUT2D eigenvalue weighted by Gasteiger charge is 2.38. The van der Waals surface area contributed by atoms with Crippen LogP contribution in [0.5, 0.6) is 0 Å². The van der Waals surface area contributed by atoms with Gasteiger partial charge in [-0.05, 0) is 44.4 Å². The highest BCUT2D eigenvalue weighted by Crippen LogP contribution is 2.38.